The van der Waals surface area contributed by atoms with Crippen molar-refractivity contribution in [2.24, 2.45) is 11.8 Å². The predicted octanol–water partition coefficient (Wildman–Crippen LogP) is 1.99. The molecule has 2 aliphatic heterocycles. The van der Waals surface area contributed by atoms with Gasteiger partial charge in [0.25, 0.3) is 0 Å². The molecule has 2 saturated heterocycles. The van der Waals surface area contributed by atoms with Crippen molar-refractivity contribution in [3.8, 4) is 6.07 Å². The molecule has 3 atom stereocenters. The average molecular weight is 241 g/mol. The van der Waals surface area contributed by atoms with Crippen molar-refractivity contribution in [2.75, 3.05) is 24.5 Å². The number of rotatable bonds is 2. The summed E-state index contributed by atoms with van der Waals surface area (Å²) in [5, 5.41) is 12.4. The minimum atomic E-state index is 0.651. The van der Waals surface area contributed by atoms with Crippen LogP contribution in [-0.4, -0.2) is 25.7 Å². The molecule has 3 nitrogen and oxygen atoms in total. The van der Waals surface area contributed by atoms with Crippen molar-refractivity contribution in [1.82, 2.24) is 5.32 Å². The SMILES string of the molecule is CCC1C2CNCC2CN1c1ccc(C#N)cc1. The van der Waals surface area contributed by atoms with Gasteiger partial charge >= 0.3 is 0 Å². The van der Waals surface area contributed by atoms with Crippen molar-refractivity contribution in [3.63, 3.8) is 0 Å². The summed E-state index contributed by atoms with van der Waals surface area (Å²) in [5.41, 5.74) is 2.02. The molecule has 0 bridgehead atoms. The Kier molecular flexibility index (Phi) is 2.97. The fourth-order valence-corrected chi connectivity index (χ4v) is 3.57. The molecular formula is C15H19N3. The van der Waals surface area contributed by atoms with Crippen molar-refractivity contribution in [3.05, 3.63) is 29.8 Å². The number of anilines is 1. The highest BCUT2D eigenvalue weighted by Gasteiger charge is 2.43. The first-order valence-electron chi connectivity index (χ1n) is 6.81. The normalized spacial score (nSPS) is 30.2. The Labute approximate surface area is 108 Å². The summed E-state index contributed by atoms with van der Waals surface area (Å²) in [6.07, 6.45) is 1.20. The Morgan fingerprint density at radius 3 is 2.78 bits per heavy atom. The molecule has 0 saturated carbocycles. The van der Waals surface area contributed by atoms with Gasteiger partial charge in [0, 0.05) is 31.4 Å². The molecule has 1 aromatic carbocycles. The lowest BCUT2D eigenvalue weighted by atomic mass is 9.93. The van der Waals surface area contributed by atoms with Crippen LogP contribution in [0.5, 0.6) is 0 Å². The molecule has 94 valence electrons. The molecular weight excluding hydrogens is 222 g/mol. The maximum Gasteiger partial charge on any atom is 0.0991 e. The van der Waals surface area contributed by atoms with Crippen molar-refractivity contribution in [2.45, 2.75) is 19.4 Å². The zero-order valence-corrected chi connectivity index (χ0v) is 10.8. The van der Waals surface area contributed by atoms with Crippen LogP contribution in [0, 0.1) is 23.2 Å². The second-order valence-corrected chi connectivity index (χ2v) is 5.37. The highest BCUT2D eigenvalue weighted by Crippen LogP contribution is 2.37. The number of fused-ring (bicyclic) bond motifs is 1. The molecule has 0 aliphatic carbocycles. The van der Waals surface area contributed by atoms with Gasteiger partial charge in [-0.25, -0.2) is 0 Å². The lowest BCUT2D eigenvalue weighted by molar-refractivity contribution is 0.442. The second-order valence-electron chi connectivity index (χ2n) is 5.37. The first-order valence-corrected chi connectivity index (χ1v) is 6.81. The van der Waals surface area contributed by atoms with Gasteiger partial charge in [-0.3, -0.25) is 0 Å². The number of hydrogen-bond acceptors (Lipinski definition) is 3. The number of benzene rings is 1. The van der Waals surface area contributed by atoms with Crippen LogP contribution in [0.4, 0.5) is 5.69 Å². The number of hydrogen-bond donors (Lipinski definition) is 1. The van der Waals surface area contributed by atoms with E-state index in [1.165, 1.54) is 12.1 Å². The number of nitriles is 1. The van der Waals surface area contributed by atoms with Gasteiger partial charge in [-0.1, -0.05) is 6.92 Å². The maximum atomic E-state index is 8.85. The minimum absolute atomic E-state index is 0.651. The van der Waals surface area contributed by atoms with Gasteiger partial charge in [0.2, 0.25) is 0 Å². The third-order valence-electron chi connectivity index (χ3n) is 4.46. The molecule has 2 fully saturated rings. The summed E-state index contributed by atoms with van der Waals surface area (Å²) < 4.78 is 0. The Balaban J connectivity index is 1.85. The van der Waals surface area contributed by atoms with Crippen LogP contribution in [-0.2, 0) is 0 Å². The molecule has 1 N–H and O–H groups in total. The highest BCUT2D eigenvalue weighted by molar-refractivity contribution is 5.52. The van der Waals surface area contributed by atoms with E-state index in [0.29, 0.717) is 6.04 Å². The van der Waals surface area contributed by atoms with E-state index < -0.39 is 0 Å². The molecule has 3 rings (SSSR count). The van der Waals surface area contributed by atoms with Crippen LogP contribution in [0.1, 0.15) is 18.9 Å². The van der Waals surface area contributed by atoms with E-state index in [1.807, 2.05) is 12.1 Å². The lowest BCUT2D eigenvalue weighted by Gasteiger charge is -2.29. The standard InChI is InChI=1S/C15H19N3/c1-2-15-14-9-17-8-12(14)10-18(15)13-5-3-11(7-16)4-6-13/h3-6,12,14-15,17H,2,8-10H2,1H3. The third-order valence-corrected chi connectivity index (χ3v) is 4.46. The molecule has 0 spiro atoms. The first-order chi connectivity index (χ1) is 8.83. The van der Waals surface area contributed by atoms with Gasteiger partial charge < -0.3 is 10.2 Å². The van der Waals surface area contributed by atoms with E-state index in [4.69, 9.17) is 5.26 Å². The van der Waals surface area contributed by atoms with Crippen LogP contribution in [0.15, 0.2) is 24.3 Å². The topological polar surface area (TPSA) is 39.1 Å². The van der Waals surface area contributed by atoms with Crippen molar-refractivity contribution in [1.29, 1.82) is 5.26 Å². The predicted molar refractivity (Wildman–Crippen MR) is 72.4 cm³/mol. The quantitative estimate of drug-likeness (QED) is 0.860. The fraction of sp³-hybridized carbons (Fsp3) is 0.533. The zero-order chi connectivity index (χ0) is 12.5. The van der Waals surface area contributed by atoms with E-state index in [0.717, 1.165) is 37.0 Å². The molecule has 3 heteroatoms. The largest absolute Gasteiger partial charge is 0.368 e. The van der Waals surface area contributed by atoms with Crippen LogP contribution in [0.2, 0.25) is 0 Å². The van der Waals surface area contributed by atoms with Crippen molar-refractivity contribution >= 4 is 5.69 Å². The molecule has 1 aromatic rings. The average Bonchev–Trinajstić information content (AvgIpc) is 2.98. The van der Waals surface area contributed by atoms with E-state index in [-0.39, 0.29) is 0 Å². The monoisotopic (exact) mass is 241 g/mol. The Bertz CT molecular complexity index is 460. The highest BCUT2D eigenvalue weighted by atomic mass is 15.2. The van der Waals surface area contributed by atoms with Gasteiger partial charge in [0.1, 0.15) is 0 Å². The Hall–Kier alpha value is -1.53. The van der Waals surface area contributed by atoms with E-state index in [9.17, 15) is 0 Å². The van der Waals surface area contributed by atoms with E-state index >= 15 is 0 Å². The third kappa shape index (κ3) is 1.77. The summed E-state index contributed by atoms with van der Waals surface area (Å²) in [4.78, 5) is 2.54. The molecule has 0 radical (unpaired) electrons. The summed E-state index contributed by atoms with van der Waals surface area (Å²) >= 11 is 0. The Morgan fingerprint density at radius 2 is 2.11 bits per heavy atom. The molecule has 0 amide bonds. The zero-order valence-electron chi connectivity index (χ0n) is 10.8. The summed E-state index contributed by atoms with van der Waals surface area (Å²) in [6.45, 7) is 5.76. The van der Waals surface area contributed by atoms with Crippen molar-refractivity contribution < 1.29 is 0 Å². The van der Waals surface area contributed by atoms with Crippen LogP contribution < -0.4 is 10.2 Å². The van der Waals surface area contributed by atoms with E-state index in [1.54, 1.807) is 0 Å². The molecule has 2 aliphatic rings. The minimum Gasteiger partial charge on any atom is -0.368 e. The van der Waals surface area contributed by atoms with Crippen LogP contribution >= 0.6 is 0 Å². The first kappa shape index (κ1) is 11.6. The number of nitrogens with one attached hydrogen (secondary N) is 1. The van der Waals surface area contributed by atoms with E-state index in [2.05, 4.69) is 35.3 Å². The lowest BCUT2D eigenvalue weighted by Crippen LogP contribution is -2.35. The molecule has 3 unspecified atom stereocenters. The number of nitrogens with zero attached hydrogens (tertiary/aromatic N) is 2. The molecule has 2 heterocycles. The Morgan fingerprint density at radius 1 is 1.33 bits per heavy atom. The van der Waals surface area contributed by atoms with Gasteiger partial charge in [0.05, 0.1) is 11.6 Å². The van der Waals surface area contributed by atoms with Gasteiger partial charge in [-0.2, -0.15) is 5.26 Å². The summed E-state index contributed by atoms with van der Waals surface area (Å²) in [7, 11) is 0. The second kappa shape index (κ2) is 4.62. The maximum absolute atomic E-state index is 8.85. The van der Waals surface area contributed by atoms with Crippen LogP contribution in [0.25, 0.3) is 0 Å². The molecule has 0 aromatic heterocycles. The van der Waals surface area contributed by atoms with Gasteiger partial charge in [-0.05, 0) is 42.5 Å². The van der Waals surface area contributed by atoms with Gasteiger partial charge in [0.15, 0.2) is 0 Å². The summed E-state index contributed by atoms with van der Waals surface area (Å²) in [5.74, 6) is 1.59. The summed E-state index contributed by atoms with van der Waals surface area (Å²) in [6, 6.07) is 10.9. The molecule has 18 heavy (non-hydrogen) atoms. The van der Waals surface area contributed by atoms with Crippen LogP contribution in [0.3, 0.4) is 0 Å². The fourth-order valence-electron chi connectivity index (χ4n) is 3.57. The van der Waals surface area contributed by atoms with Gasteiger partial charge in [-0.15, -0.1) is 0 Å². The smallest absolute Gasteiger partial charge is 0.0991 e.